The van der Waals surface area contributed by atoms with Gasteiger partial charge in [-0.2, -0.15) is 5.10 Å². The van der Waals surface area contributed by atoms with Gasteiger partial charge < -0.3 is 10.6 Å². The van der Waals surface area contributed by atoms with E-state index in [0.29, 0.717) is 12.6 Å². The van der Waals surface area contributed by atoms with E-state index in [1.165, 1.54) is 37.1 Å². The van der Waals surface area contributed by atoms with Crippen LogP contribution >= 0.6 is 0 Å². The average Bonchev–Trinajstić information content (AvgIpc) is 2.63. The van der Waals surface area contributed by atoms with Crippen molar-refractivity contribution in [3.05, 3.63) is 11.3 Å². The van der Waals surface area contributed by atoms with Crippen molar-refractivity contribution in [2.45, 2.75) is 52.1 Å². The summed E-state index contributed by atoms with van der Waals surface area (Å²) >= 11 is 0. The normalized spacial score (nSPS) is 20.9. The highest BCUT2D eigenvalue weighted by Crippen LogP contribution is 2.30. The largest absolute Gasteiger partial charge is 0.354 e. The van der Waals surface area contributed by atoms with E-state index in [4.69, 9.17) is 5.73 Å². The molecule has 96 valence electrons. The smallest absolute Gasteiger partial charge is 0.131 e. The molecule has 0 aliphatic carbocycles. The van der Waals surface area contributed by atoms with Crippen LogP contribution in [0.3, 0.4) is 0 Å². The van der Waals surface area contributed by atoms with E-state index in [9.17, 15) is 0 Å². The molecule has 17 heavy (non-hydrogen) atoms. The molecule has 4 nitrogen and oxygen atoms in total. The van der Waals surface area contributed by atoms with Gasteiger partial charge in [0.2, 0.25) is 0 Å². The molecule has 0 bridgehead atoms. The lowest BCUT2D eigenvalue weighted by Gasteiger charge is -2.37. The van der Waals surface area contributed by atoms with E-state index < -0.39 is 0 Å². The zero-order valence-corrected chi connectivity index (χ0v) is 11.2. The molecule has 2 heterocycles. The van der Waals surface area contributed by atoms with Crippen LogP contribution in [0.25, 0.3) is 0 Å². The van der Waals surface area contributed by atoms with Crippen LogP contribution < -0.4 is 10.6 Å². The van der Waals surface area contributed by atoms with Crippen LogP contribution in [0.4, 0.5) is 5.82 Å². The van der Waals surface area contributed by atoms with E-state index in [2.05, 4.69) is 23.8 Å². The molecule has 2 rings (SSSR count). The number of nitrogens with two attached hydrogens (primary N) is 1. The lowest BCUT2D eigenvalue weighted by molar-refractivity contribution is 0.440. The number of hydrogen-bond donors (Lipinski definition) is 1. The molecule has 0 radical (unpaired) electrons. The maximum atomic E-state index is 5.88. The Labute approximate surface area is 104 Å². The fourth-order valence-corrected chi connectivity index (χ4v) is 2.99. The fourth-order valence-electron chi connectivity index (χ4n) is 2.99. The van der Waals surface area contributed by atoms with Gasteiger partial charge >= 0.3 is 0 Å². The van der Waals surface area contributed by atoms with Gasteiger partial charge in [0.1, 0.15) is 5.82 Å². The fraction of sp³-hybridized carbons (Fsp3) is 0.769. The Morgan fingerprint density at radius 3 is 2.82 bits per heavy atom. The Hall–Kier alpha value is -1.03. The number of piperidine rings is 1. The molecule has 1 aliphatic heterocycles. The van der Waals surface area contributed by atoms with Crippen LogP contribution in [0, 0.1) is 6.92 Å². The molecular weight excluding hydrogens is 212 g/mol. The summed E-state index contributed by atoms with van der Waals surface area (Å²) in [4.78, 5) is 2.52. The van der Waals surface area contributed by atoms with E-state index in [-0.39, 0.29) is 0 Å². The van der Waals surface area contributed by atoms with Crippen LogP contribution in [0.5, 0.6) is 0 Å². The van der Waals surface area contributed by atoms with Crippen molar-refractivity contribution in [2.75, 3.05) is 11.4 Å². The van der Waals surface area contributed by atoms with Gasteiger partial charge in [0.05, 0.1) is 5.69 Å². The lowest BCUT2D eigenvalue weighted by Crippen LogP contribution is -2.40. The van der Waals surface area contributed by atoms with Gasteiger partial charge in [0.15, 0.2) is 0 Å². The molecule has 0 spiro atoms. The predicted molar refractivity (Wildman–Crippen MR) is 71.1 cm³/mol. The summed E-state index contributed by atoms with van der Waals surface area (Å²) in [6, 6.07) is 0.656. The summed E-state index contributed by atoms with van der Waals surface area (Å²) in [6.45, 7) is 6.05. The van der Waals surface area contributed by atoms with E-state index in [0.717, 1.165) is 12.2 Å². The first-order chi connectivity index (χ1) is 8.19. The lowest BCUT2D eigenvalue weighted by atomic mass is 9.99. The molecule has 4 heteroatoms. The van der Waals surface area contributed by atoms with Gasteiger partial charge in [-0.3, -0.25) is 4.68 Å². The average molecular weight is 236 g/mol. The Kier molecular flexibility index (Phi) is 3.72. The van der Waals surface area contributed by atoms with Crippen LogP contribution in [-0.4, -0.2) is 22.4 Å². The molecule has 1 fully saturated rings. The highest BCUT2D eigenvalue weighted by atomic mass is 15.4. The molecule has 1 aliphatic rings. The van der Waals surface area contributed by atoms with Gasteiger partial charge in [-0.1, -0.05) is 6.92 Å². The Morgan fingerprint density at radius 2 is 2.18 bits per heavy atom. The van der Waals surface area contributed by atoms with Crippen molar-refractivity contribution in [1.29, 1.82) is 0 Å². The Balaban J connectivity index is 2.37. The molecule has 1 atom stereocenters. The monoisotopic (exact) mass is 236 g/mol. The third-order valence-corrected chi connectivity index (χ3v) is 3.89. The Morgan fingerprint density at radius 1 is 1.41 bits per heavy atom. The molecule has 0 amide bonds. The van der Waals surface area contributed by atoms with E-state index in [1.54, 1.807) is 0 Å². The summed E-state index contributed by atoms with van der Waals surface area (Å²) < 4.78 is 2.01. The van der Waals surface area contributed by atoms with Crippen molar-refractivity contribution in [3.8, 4) is 0 Å². The first-order valence-electron chi connectivity index (χ1n) is 6.68. The highest BCUT2D eigenvalue weighted by Gasteiger charge is 2.26. The minimum absolute atomic E-state index is 0.585. The van der Waals surface area contributed by atoms with Crippen LogP contribution in [0.2, 0.25) is 0 Å². The van der Waals surface area contributed by atoms with Gasteiger partial charge in [-0.05, 0) is 32.6 Å². The first kappa shape index (κ1) is 12.4. The zero-order valence-electron chi connectivity index (χ0n) is 11.2. The van der Waals surface area contributed by atoms with Crippen molar-refractivity contribution < 1.29 is 0 Å². The first-order valence-corrected chi connectivity index (χ1v) is 6.68. The minimum atomic E-state index is 0.585. The number of anilines is 1. The number of rotatable bonds is 3. The van der Waals surface area contributed by atoms with E-state index >= 15 is 0 Å². The van der Waals surface area contributed by atoms with Crippen LogP contribution in [0.15, 0.2) is 0 Å². The number of aryl methyl sites for hydroxylation is 2. The van der Waals surface area contributed by atoms with Gasteiger partial charge in [0, 0.05) is 31.7 Å². The summed E-state index contributed by atoms with van der Waals surface area (Å²) in [6.07, 6.45) is 5.13. The maximum absolute atomic E-state index is 5.88. The van der Waals surface area contributed by atoms with Crippen LogP contribution in [0.1, 0.15) is 43.9 Å². The predicted octanol–water partition coefficient (Wildman–Crippen LogP) is 1.96. The summed E-state index contributed by atoms with van der Waals surface area (Å²) in [5, 5.41) is 4.52. The molecule has 1 saturated heterocycles. The Bertz CT molecular complexity index is 383. The van der Waals surface area contributed by atoms with Crippen molar-refractivity contribution in [1.82, 2.24) is 9.78 Å². The quantitative estimate of drug-likeness (QED) is 0.872. The summed E-state index contributed by atoms with van der Waals surface area (Å²) in [5.74, 6) is 1.25. The zero-order chi connectivity index (χ0) is 12.4. The second-order valence-electron chi connectivity index (χ2n) is 4.97. The minimum Gasteiger partial charge on any atom is -0.354 e. The van der Waals surface area contributed by atoms with Gasteiger partial charge in [0.25, 0.3) is 0 Å². The maximum Gasteiger partial charge on any atom is 0.131 e. The second kappa shape index (κ2) is 5.08. The molecular formula is C13H24N4. The molecule has 0 saturated carbocycles. The molecule has 1 unspecified atom stereocenters. The van der Waals surface area contributed by atoms with Gasteiger partial charge in [-0.25, -0.2) is 0 Å². The molecule has 1 aromatic heterocycles. The SMILES string of the molecule is CCC1CCCCN1c1c(CN)c(C)nn1C. The number of aromatic nitrogens is 2. The standard InChI is InChI=1S/C13H24N4/c1-4-11-7-5-6-8-17(11)13-12(9-14)10(2)15-16(13)3/h11H,4-9,14H2,1-3H3. The molecule has 2 N–H and O–H groups in total. The topological polar surface area (TPSA) is 47.1 Å². The van der Waals surface area contributed by atoms with Crippen LogP contribution in [-0.2, 0) is 13.6 Å². The van der Waals surface area contributed by atoms with Crippen molar-refractivity contribution in [3.63, 3.8) is 0 Å². The van der Waals surface area contributed by atoms with Gasteiger partial charge in [-0.15, -0.1) is 0 Å². The van der Waals surface area contributed by atoms with E-state index in [1.807, 2.05) is 11.7 Å². The third-order valence-electron chi connectivity index (χ3n) is 3.89. The number of hydrogen-bond acceptors (Lipinski definition) is 3. The second-order valence-corrected chi connectivity index (χ2v) is 4.97. The van der Waals surface area contributed by atoms with Crippen molar-refractivity contribution >= 4 is 5.82 Å². The van der Waals surface area contributed by atoms with Crippen molar-refractivity contribution in [2.24, 2.45) is 12.8 Å². The third kappa shape index (κ3) is 2.18. The number of nitrogens with zero attached hydrogens (tertiary/aromatic N) is 3. The molecule has 0 aromatic carbocycles. The highest BCUT2D eigenvalue weighted by molar-refractivity contribution is 5.51. The molecule has 1 aromatic rings. The summed E-state index contributed by atoms with van der Waals surface area (Å²) in [7, 11) is 2.03. The summed E-state index contributed by atoms with van der Waals surface area (Å²) in [5.41, 5.74) is 8.17.